The van der Waals surface area contributed by atoms with Crippen LogP contribution in [-0.4, -0.2) is 30.0 Å². The molecule has 0 radical (unpaired) electrons. The number of carbonyl (C=O) groups excluding carboxylic acids is 1. The molecule has 0 bridgehead atoms. The fourth-order valence-corrected chi connectivity index (χ4v) is 0.836. The molecule has 1 aromatic rings. The third-order valence-corrected chi connectivity index (χ3v) is 1.60. The van der Waals surface area contributed by atoms with Gasteiger partial charge in [0.05, 0.1) is 0 Å². The van der Waals surface area contributed by atoms with Crippen molar-refractivity contribution >= 4 is 6.03 Å². The van der Waals surface area contributed by atoms with Crippen molar-refractivity contribution in [3.05, 3.63) is 30.1 Å². The minimum absolute atomic E-state index is 0.0863. The number of pyridine rings is 1. The number of carbonyl (C=O) groups is 1. The minimum Gasteiger partial charge on any atom is -0.334 e. The lowest BCUT2D eigenvalue weighted by Gasteiger charge is -2.11. The second kappa shape index (κ2) is 4.45. The Hall–Kier alpha value is -1.58. The van der Waals surface area contributed by atoms with Gasteiger partial charge in [-0.3, -0.25) is 4.98 Å². The smallest absolute Gasteiger partial charge is 0.317 e. The van der Waals surface area contributed by atoms with Crippen LogP contribution < -0.4 is 5.32 Å². The molecular weight excluding hydrogens is 166 g/mol. The van der Waals surface area contributed by atoms with Gasteiger partial charge in [-0.1, -0.05) is 0 Å². The molecule has 0 aliphatic rings. The Bertz CT molecular complexity index is 271. The van der Waals surface area contributed by atoms with Crippen molar-refractivity contribution in [3.63, 3.8) is 0 Å². The molecule has 1 N–H and O–H groups in total. The number of hydrogen-bond acceptors (Lipinski definition) is 2. The molecule has 0 aliphatic carbocycles. The summed E-state index contributed by atoms with van der Waals surface area (Å²) in [7, 11) is 3.42. The van der Waals surface area contributed by atoms with Crippen molar-refractivity contribution in [1.29, 1.82) is 0 Å². The summed E-state index contributed by atoms with van der Waals surface area (Å²) >= 11 is 0. The van der Waals surface area contributed by atoms with E-state index in [1.165, 1.54) is 4.90 Å². The zero-order valence-electron chi connectivity index (χ0n) is 7.82. The third kappa shape index (κ3) is 3.11. The Balaban J connectivity index is 2.40. The monoisotopic (exact) mass is 179 g/mol. The van der Waals surface area contributed by atoms with E-state index in [1.807, 2.05) is 12.1 Å². The van der Waals surface area contributed by atoms with Gasteiger partial charge >= 0.3 is 6.03 Å². The number of nitrogens with one attached hydrogen (secondary N) is 1. The summed E-state index contributed by atoms with van der Waals surface area (Å²) in [4.78, 5) is 16.5. The van der Waals surface area contributed by atoms with Crippen LogP contribution in [0.25, 0.3) is 0 Å². The highest BCUT2D eigenvalue weighted by atomic mass is 16.2. The molecule has 2 amide bonds. The third-order valence-electron chi connectivity index (χ3n) is 1.60. The van der Waals surface area contributed by atoms with E-state index in [0.717, 1.165) is 5.56 Å². The molecule has 0 unspecified atom stereocenters. The maximum absolute atomic E-state index is 11.1. The lowest BCUT2D eigenvalue weighted by atomic mass is 10.3. The van der Waals surface area contributed by atoms with Crippen molar-refractivity contribution in [2.24, 2.45) is 0 Å². The van der Waals surface area contributed by atoms with E-state index in [0.29, 0.717) is 6.54 Å². The molecule has 0 saturated carbocycles. The van der Waals surface area contributed by atoms with Gasteiger partial charge in [-0.25, -0.2) is 4.79 Å². The summed E-state index contributed by atoms with van der Waals surface area (Å²) in [6, 6.07) is 3.66. The average molecular weight is 179 g/mol. The van der Waals surface area contributed by atoms with E-state index in [2.05, 4.69) is 10.3 Å². The number of urea groups is 1. The van der Waals surface area contributed by atoms with Gasteiger partial charge in [0.25, 0.3) is 0 Å². The second-order valence-electron chi connectivity index (χ2n) is 2.91. The minimum atomic E-state index is -0.0863. The number of aromatic nitrogens is 1. The highest BCUT2D eigenvalue weighted by Crippen LogP contribution is 1.94. The van der Waals surface area contributed by atoms with Crippen LogP contribution in [0.15, 0.2) is 24.5 Å². The van der Waals surface area contributed by atoms with Gasteiger partial charge in [0.2, 0.25) is 0 Å². The molecule has 0 aliphatic heterocycles. The summed E-state index contributed by atoms with van der Waals surface area (Å²) < 4.78 is 0. The molecule has 70 valence electrons. The van der Waals surface area contributed by atoms with Gasteiger partial charge in [-0.2, -0.15) is 0 Å². The Kier molecular flexibility index (Phi) is 3.25. The molecule has 0 fully saturated rings. The van der Waals surface area contributed by atoms with E-state index in [9.17, 15) is 4.79 Å². The predicted molar refractivity (Wildman–Crippen MR) is 50.2 cm³/mol. The fourth-order valence-electron chi connectivity index (χ4n) is 0.836. The highest BCUT2D eigenvalue weighted by molar-refractivity contribution is 5.73. The first-order chi connectivity index (χ1) is 6.20. The van der Waals surface area contributed by atoms with Crippen molar-refractivity contribution in [3.8, 4) is 0 Å². The molecule has 4 nitrogen and oxygen atoms in total. The van der Waals surface area contributed by atoms with Crippen molar-refractivity contribution < 1.29 is 4.79 Å². The van der Waals surface area contributed by atoms with Crippen LogP contribution >= 0.6 is 0 Å². The Morgan fingerprint density at radius 1 is 1.46 bits per heavy atom. The van der Waals surface area contributed by atoms with Crippen LogP contribution in [0, 0.1) is 0 Å². The van der Waals surface area contributed by atoms with E-state index in [-0.39, 0.29) is 6.03 Å². The maximum atomic E-state index is 11.1. The molecule has 0 spiro atoms. The van der Waals surface area contributed by atoms with E-state index in [4.69, 9.17) is 0 Å². The Labute approximate surface area is 77.6 Å². The number of rotatable bonds is 2. The second-order valence-corrected chi connectivity index (χ2v) is 2.91. The summed E-state index contributed by atoms with van der Waals surface area (Å²) in [5.41, 5.74) is 1.05. The summed E-state index contributed by atoms with van der Waals surface area (Å²) in [6.45, 7) is 0.541. The standard InChI is InChI=1S/C9H13N3O/c1-12(2)9(13)11-7-8-3-5-10-6-4-8/h3-6H,7H2,1-2H3,(H,11,13). The van der Waals surface area contributed by atoms with E-state index >= 15 is 0 Å². The van der Waals surface area contributed by atoms with Crippen LogP contribution in [-0.2, 0) is 6.54 Å². The molecular formula is C9H13N3O. The largest absolute Gasteiger partial charge is 0.334 e. The van der Waals surface area contributed by atoms with Gasteiger partial charge in [-0.05, 0) is 17.7 Å². The first kappa shape index (κ1) is 9.51. The zero-order valence-corrected chi connectivity index (χ0v) is 7.82. The van der Waals surface area contributed by atoms with Gasteiger partial charge in [0.1, 0.15) is 0 Å². The first-order valence-electron chi connectivity index (χ1n) is 4.04. The van der Waals surface area contributed by atoms with Crippen LogP contribution in [0.5, 0.6) is 0 Å². The Morgan fingerprint density at radius 2 is 2.08 bits per heavy atom. The number of hydrogen-bond donors (Lipinski definition) is 1. The summed E-state index contributed by atoms with van der Waals surface area (Å²) in [5.74, 6) is 0. The van der Waals surface area contributed by atoms with Crippen molar-refractivity contribution in [2.75, 3.05) is 14.1 Å². The van der Waals surface area contributed by atoms with Crippen LogP contribution in [0.2, 0.25) is 0 Å². The van der Waals surface area contributed by atoms with Crippen molar-refractivity contribution in [1.82, 2.24) is 15.2 Å². The van der Waals surface area contributed by atoms with E-state index < -0.39 is 0 Å². The highest BCUT2D eigenvalue weighted by Gasteiger charge is 2.01. The quantitative estimate of drug-likeness (QED) is 0.731. The number of amides is 2. The van der Waals surface area contributed by atoms with Crippen molar-refractivity contribution in [2.45, 2.75) is 6.54 Å². The molecule has 0 saturated heterocycles. The topological polar surface area (TPSA) is 45.2 Å². The maximum Gasteiger partial charge on any atom is 0.317 e. The molecule has 0 atom stereocenters. The first-order valence-corrected chi connectivity index (χ1v) is 4.04. The molecule has 4 heteroatoms. The van der Waals surface area contributed by atoms with E-state index in [1.54, 1.807) is 26.5 Å². The lowest BCUT2D eigenvalue weighted by Crippen LogP contribution is -2.33. The predicted octanol–water partition coefficient (Wildman–Crippen LogP) is 0.853. The summed E-state index contributed by atoms with van der Waals surface area (Å²) in [6.07, 6.45) is 3.41. The lowest BCUT2D eigenvalue weighted by molar-refractivity contribution is 0.217. The van der Waals surface area contributed by atoms with Gasteiger partial charge < -0.3 is 10.2 Å². The zero-order chi connectivity index (χ0) is 9.68. The van der Waals surface area contributed by atoms with Gasteiger partial charge in [-0.15, -0.1) is 0 Å². The molecule has 13 heavy (non-hydrogen) atoms. The number of nitrogens with zero attached hydrogens (tertiary/aromatic N) is 2. The van der Waals surface area contributed by atoms with Crippen LogP contribution in [0.1, 0.15) is 5.56 Å². The Morgan fingerprint density at radius 3 is 2.62 bits per heavy atom. The molecule has 1 heterocycles. The van der Waals surface area contributed by atoms with Gasteiger partial charge in [0, 0.05) is 33.0 Å². The van der Waals surface area contributed by atoms with Crippen LogP contribution in [0.4, 0.5) is 4.79 Å². The SMILES string of the molecule is CN(C)C(=O)NCc1ccncc1. The average Bonchev–Trinajstić information content (AvgIpc) is 2.15. The molecule has 0 aromatic carbocycles. The van der Waals surface area contributed by atoms with Gasteiger partial charge in [0.15, 0.2) is 0 Å². The molecule has 1 aromatic heterocycles. The van der Waals surface area contributed by atoms with Crippen LogP contribution in [0.3, 0.4) is 0 Å². The fraction of sp³-hybridized carbons (Fsp3) is 0.333. The molecule has 1 rings (SSSR count). The summed E-state index contributed by atoms with van der Waals surface area (Å²) in [5, 5.41) is 2.76. The normalized spacial score (nSPS) is 9.38.